The van der Waals surface area contributed by atoms with Crippen molar-refractivity contribution >= 4 is 17.5 Å². The lowest BCUT2D eigenvalue weighted by Gasteiger charge is -2.13. The standard InChI is InChI=1S/C15H23N3O6.C2H6/c1-16-11-3-9(14(23)17-5-12(21)7-19)2-10(4-11)15(24)18-6-13(22)8-20;1-2/h2-4,12-13,16,19-22H,5-8H2,1H3,(H,17,23)(H,18,24);1-2H3. The van der Waals surface area contributed by atoms with Gasteiger partial charge in [0.05, 0.1) is 25.4 Å². The van der Waals surface area contributed by atoms with Crippen molar-refractivity contribution in [3.63, 3.8) is 0 Å². The quantitative estimate of drug-likeness (QED) is 0.292. The van der Waals surface area contributed by atoms with E-state index < -0.39 is 37.2 Å². The molecule has 0 aliphatic heterocycles. The monoisotopic (exact) mass is 371 g/mol. The molecular formula is C17H29N3O6. The number of benzene rings is 1. The maximum absolute atomic E-state index is 12.1. The van der Waals surface area contributed by atoms with Crippen molar-refractivity contribution in [2.75, 3.05) is 38.7 Å². The van der Waals surface area contributed by atoms with Crippen LogP contribution in [0.3, 0.4) is 0 Å². The fourth-order valence-electron chi connectivity index (χ4n) is 1.79. The van der Waals surface area contributed by atoms with Crippen molar-refractivity contribution in [3.8, 4) is 0 Å². The van der Waals surface area contributed by atoms with Crippen LogP contribution in [0.25, 0.3) is 0 Å². The van der Waals surface area contributed by atoms with E-state index in [-0.39, 0.29) is 24.2 Å². The first kappa shape index (κ1) is 23.8. The minimum atomic E-state index is -1.07. The van der Waals surface area contributed by atoms with Gasteiger partial charge in [0, 0.05) is 37.0 Å². The van der Waals surface area contributed by atoms with Gasteiger partial charge in [-0.05, 0) is 18.2 Å². The van der Waals surface area contributed by atoms with Crippen LogP contribution < -0.4 is 16.0 Å². The van der Waals surface area contributed by atoms with E-state index in [1.54, 1.807) is 7.05 Å². The summed E-state index contributed by atoms with van der Waals surface area (Å²) < 4.78 is 0. The Labute approximate surface area is 153 Å². The lowest BCUT2D eigenvalue weighted by atomic mass is 10.1. The lowest BCUT2D eigenvalue weighted by Crippen LogP contribution is -2.35. The summed E-state index contributed by atoms with van der Waals surface area (Å²) in [4.78, 5) is 24.2. The molecule has 0 saturated heterocycles. The van der Waals surface area contributed by atoms with Crippen LogP contribution in [0.2, 0.25) is 0 Å². The zero-order valence-corrected chi connectivity index (χ0v) is 15.3. The van der Waals surface area contributed by atoms with Crippen molar-refractivity contribution in [3.05, 3.63) is 29.3 Å². The second-order valence-corrected chi connectivity index (χ2v) is 5.14. The van der Waals surface area contributed by atoms with Crippen LogP contribution in [0.4, 0.5) is 5.69 Å². The number of amides is 2. The summed E-state index contributed by atoms with van der Waals surface area (Å²) in [5.41, 5.74) is 0.915. The SMILES string of the molecule is CC.CNc1cc(C(=O)NCC(O)CO)cc(C(=O)NCC(O)CO)c1. The molecule has 1 rings (SSSR count). The molecule has 0 aliphatic rings. The highest BCUT2D eigenvalue weighted by atomic mass is 16.3. The Bertz CT molecular complexity index is 523. The van der Waals surface area contributed by atoms with E-state index in [0.29, 0.717) is 5.69 Å². The third kappa shape index (κ3) is 8.26. The van der Waals surface area contributed by atoms with Gasteiger partial charge in [-0.1, -0.05) is 13.8 Å². The number of hydrogen-bond donors (Lipinski definition) is 7. The van der Waals surface area contributed by atoms with Gasteiger partial charge in [0.2, 0.25) is 0 Å². The average Bonchev–Trinajstić information content (AvgIpc) is 2.70. The number of aliphatic hydroxyl groups is 4. The second-order valence-electron chi connectivity index (χ2n) is 5.14. The summed E-state index contributed by atoms with van der Waals surface area (Å²) in [6.07, 6.45) is -2.13. The maximum Gasteiger partial charge on any atom is 0.251 e. The molecule has 2 amide bonds. The number of hydrogen-bond acceptors (Lipinski definition) is 7. The molecule has 0 heterocycles. The lowest BCUT2D eigenvalue weighted by molar-refractivity contribution is 0.0800. The van der Waals surface area contributed by atoms with Crippen molar-refractivity contribution in [2.45, 2.75) is 26.1 Å². The zero-order chi connectivity index (χ0) is 20.1. The first-order valence-electron chi connectivity index (χ1n) is 8.38. The predicted octanol–water partition coefficient (Wildman–Crippen LogP) is -1.08. The van der Waals surface area contributed by atoms with Gasteiger partial charge in [0.15, 0.2) is 0 Å². The van der Waals surface area contributed by atoms with Gasteiger partial charge in [-0.15, -0.1) is 0 Å². The number of aliphatic hydroxyl groups excluding tert-OH is 4. The number of anilines is 1. The molecule has 9 heteroatoms. The third-order valence-electron chi connectivity index (χ3n) is 3.16. The molecule has 0 aliphatic carbocycles. The Hall–Kier alpha value is -2.20. The van der Waals surface area contributed by atoms with Crippen LogP contribution in [-0.2, 0) is 0 Å². The molecule has 0 spiro atoms. The van der Waals surface area contributed by atoms with E-state index in [2.05, 4.69) is 16.0 Å². The smallest absolute Gasteiger partial charge is 0.251 e. The van der Waals surface area contributed by atoms with E-state index in [4.69, 9.17) is 10.2 Å². The number of rotatable bonds is 9. The topological polar surface area (TPSA) is 151 Å². The number of carbonyl (C=O) groups is 2. The summed E-state index contributed by atoms with van der Waals surface area (Å²) in [5.74, 6) is -1.02. The summed E-state index contributed by atoms with van der Waals surface area (Å²) in [5, 5.41) is 43.7. The second kappa shape index (κ2) is 13.1. The molecular weight excluding hydrogens is 342 g/mol. The molecule has 0 fully saturated rings. The molecule has 9 nitrogen and oxygen atoms in total. The van der Waals surface area contributed by atoms with E-state index in [1.807, 2.05) is 13.8 Å². The van der Waals surface area contributed by atoms with Gasteiger partial charge in [-0.3, -0.25) is 9.59 Å². The molecule has 7 N–H and O–H groups in total. The van der Waals surface area contributed by atoms with E-state index in [0.717, 1.165) is 0 Å². The molecule has 26 heavy (non-hydrogen) atoms. The van der Waals surface area contributed by atoms with Crippen molar-refractivity contribution in [1.82, 2.24) is 10.6 Å². The summed E-state index contributed by atoms with van der Waals surface area (Å²) in [6, 6.07) is 4.42. The Balaban J connectivity index is 0.00000301. The summed E-state index contributed by atoms with van der Waals surface area (Å²) in [6.45, 7) is 2.81. The molecule has 2 unspecified atom stereocenters. The van der Waals surface area contributed by atoms with Gasteiger partial charge in [-0.2, -0.15) is 0 Å². The summed E-state index contributed by atoms with van der Waals surface area (Å²) >= 11 is 0. The van der Waals surface area contributed by atoms with Crippen LogP contribution in [0.15, 0.2) is 18.2 Å². The Morgan fingerprint density at radius 1 is 0.885 bits per heavy atom. The van der Waals surface area contributed by atoms with Gasteiger partial charge >= 0.3 is 0 Å². The Morgan fingerprint density at radius 3 is 1.58 bits per heavy atom. The normalized spacial score (nSPS) is 12.3. The van der Waals surface area contributed by atoms with Crippen LogP contribution in [0.1, 0.15) is 34.6 Å². The van der Waals surface area contributed by atoms with Gasteiger partial charge < -0.3 is 36.4 Å². The van der Waals surface area contributed by atoms with E-state index >= 15 is 0 Å². The average molecular weight is 371 g/mol. The molecule has 2 atom stereocenters. The van der Waals surface area contributed by atoms with Crippen LogP contribution in [0.5, 0.6) is 0 Å². The highest BCUT2D eigenvalue weighted by Crippen LogP contribution is 2.15. The van der Waals surface area contributed by atoms with Gasteiger partial charge in [0.1, 0.15) is 0 Å². The van der Waals surface area contributed by atoms with Crippen molar-refractivity contribution in [2.24, 2.45) is 0 Å². The fraction of sp³-hybridized carbons (Fsp3) is 0.529. The number of carbonyl (C=O) groups excluding carboxylic acids is 2. The molecule has 0 aromatic heterocycles. The van der Waals surface area contributed by atoms with Gasteiger partial charge in [0.25, 0.3) is 11.8 Å². The minimum absolute atomic E-state index is 0.122. The first-order chi connectivity index (χ1) is 12.4. The predicted molar refractivity (Wildman–Crippen MR) is 98.2 cm³/mol. The molecule has 1 aromatic carbocycles. The highest BCUT2D eigenvalue weighted by Gasteiger charge is 2.14. The molecule has 0 radical (unpaired) electrons. The highest BCUT2D eigenvalue weighted by molar-refractivity contribution is 6.01. The van der Waals surface area contributed by atoms with E-state index in [9.17, 15) is 19.8 Å². The molecule has 0 saturated carbocycles. The van der Waals surface area contributed by atoms with Crippen LogP contribution >= 0.6 is 0 Å². The third-order valence-corrected chi connectivity index (χ3v) is 3.16. The maximum atomic E-state index is 12.1. The zero-order valence-electron chi connectivity index (χ0n) is 15.3. The minimum Gasteiger partial charge on any atom is -0.394 e. The molecule has 0 bridgehead atoms. The van der Waals surface area contributed by atoms with Gasteiger partial charge in [-0.25, -0.2) is 0 Å². The number of nitrogens with one attached hydrogen (secondary N) is 3. The largest absolute Gasteiger partial charge is 0.394 e. The van der Waals surface area contributed by atoms with Crippen LogP contribution in [-0.4, -0.2) is 77.8 Å². The fourth-order valence-corrected chi connectivity index (χ4v) is 1.79. The van der Waals surface area contributed by atoms with Crippen molar-refractivity contribution < 1.29 is 30.0 Å². The summed E-state index contributed by atoms with van der Waals surface area (Å²) in [7, 11) is 1.63. The Morgan fingerprint density at radius 2 is 1.27 bits per heavy atom. The molecule has 148 valence electrons. The Kier molecular flexibility index (Phi) is 12.0. The first-order valence-corrected chi connectivity index (χ1v) is 8.38. The van der Waals surface area contributed by atoms with Crippen LogP contribution in [0, 0.1) is 0 Å². The molecule has 1 aromatic rings. The van der Waals surface area contributed by atoms with Crippen molar-refractivity contribution in [1.29, 1.82) is 0 Å². The van der Waals surface area contributed by atoms with E-state index in [1.165, 1.54) is 18.2 Å².